The van der Waals surface area contributed by atoms with Gasteiger partial charge in [-0.25, -0.2) is 0 Å². The van der Waals surface area contributed by atoms with Crippen LogP contribution in [0.15, 0.2) is 0 Å². The Morgan fingerprint density at radius 2 is 1.83 bits per heavy atom. The lowest BCUT2D eigenvalue weighted by atomic mass is 9.93. The highest BCUT2D eigenvalue weighted by Gasteiger charge is 2.66. The first-order valence-corrected chi connectivity index (χ1v) is 6.84. The number of carbonyl (C=O) groups excluding carboxylic acids is 1. The quantitative estimate of drug-likeness (QED) is 0.830. The maximum absolute atomic E-state index is 12.5. The molecule has 18 heavy (non-hydrogen) atoms. The predicted molar refractivity (Wildman–Crippen MR) is 77.0 cm³/mol. The van der Waals surface area contributed by atoms with Crippen molar-refractivity contribution in [2.75, 3.05) is 6.54 Å². The van der Waals surface area contributed by atoms with Crippen molar-refractivity contribution in [1.29, 1.82) is 0 Å². The molecule has 2 N–H and O–H groups in total. The topological polar surface area (TPSA) is 41.1 Å². The van der Waals surface area contributed by atoms with E-state index in [1.165, 1.54) is 0 Å². The number of rotatable bonds is 3. The molecular formula is C14H27ClN2O. The molecule has 1 saturated heterocycles. The third-order valence-electron chi connectivity index (χ3n) is 5.58. The minimum absolute atomic E-state index is 0. The summed E-state index contributed by atoms with van der Waals surface area (Å²) in [6.45, 7) is 12.0. The number of nitrogens with one attached hydrogen (secondary N) is 2. The molecule has 0 spiro atoms. The van der Waals surface area contributed by atoms with Crippen LogP contribution in [-0.4, -0.2) is 24.0 Å². The van der Waals surface area contributed by atoms with Gasteiger partial charge in [0.1, 0.15) is 0 Å². The van der Waals surface area contributed by atoms with Crippen molar-refractivity contribution in [2.45, 2.75) is 65.5 Å². The zero-order valence-corrected chi connectivity index (χ0v) is 13.0. The molecule has 1 unspecified atom stereocenters. The van der Waals surface area contributed by atoms with E-state index in [0.717, 1.165) is 25.8 Å². The summed E-state index contributed by atoms with van der Waals surface area (Å²) in [5.74, 6) is 0.209. The van der Waals surface area contributed by atoms with Gasteiger partial charge in [0.15, 0.2) is 0 Å². The van der Waals surface area contributed by atoms with Crippen molar-refractivity contribution in [1.82, 2.24) is 10.6 Å². The van der Waals surface area contributed by atoms with Crippen molar-refractivity contribution >= 4 is 18.3 Å². The van der Waals surface area contributed by atoms with Crippen LogP contribution in [0.5, 0.6) is 0 Å². The monoisotopic (exact) mass is 274 g/mol. The zero-order valence-electron chi connectivity index (χ0n) is 12.2. The molecule has 1 saturated carbocycles. The standard InChI is InChI=1S/C14H26N2O.ClH/c1-6-14(8-7-9-15-14)11(17)16-10-12(2,3)13(10,4)5;/h10,15H,6-9H2,1-5H3,(H,16,17);1H. The maximum atomic E-state index is 12.5. The lowest BCUT2D eigenvalue weighted by molar-refractivity contribution is -0.127. The van der Waals surface area contributed by atoms with Gasteiger partial charge in [-0.2, -0.15) is 0 Å². The second kappa shape index (κ2) is 4.68. The minimum Gasteiger partial charge on any atom is -0.351 e. The number of amides is 1. The van der Waals surface area contributed by atoms with Crippen LogP contribution in [0.3, 0.4) is 0 Å². The van der Waals surface area contributed by atoms with E-state index in [4.69, 9.17) is 0 Å². The smallest absolute Gasteiger partial charge is 0.240 e. The zero-order chi connectivity index (χ0) is 12.9. The van der Waals surface area contributed by atoms with E-state index < -0.39 is 0 Å². The van der Waals surface area contributed by atoms with Gasteiger partial charge < -0.3 is 10.6 Å². The molecule has 0 radical (unpaired) electrons. The van der Waals surface area contributed by atoms with Crippen LogP contribution in [0.2, 0.25) is 0 Å². The van der Waals surface area contributed by atoms with Crippen molar-refractivity contribution in [3.8, 4) is 0 Å². The van der Waals surface area contributed by atoms with Gasteiger partial charge >= 0.3 is 0 Å². The summed E-state index contributed by atoms with van der Waals surface area (Å²) in [4.78, 5) is 12.5. The molecule has 1 heterocycles. The van der Waals surface area contributed by atoms with Crippen LogP contribution < -0.4 is 10.6 Å². The first-order chi connectivity index (χ1) is 7.78. The predicted octanol–water partition coefficient (Wildman–Crippen LogP) is 2.49. The van der Waals surface area contributed by atoms with Gasteiger partial charge in [0.25, 0.3) is 0 Å². The lowest BCUT2D eigenvalue weighted by Gasteiger charge is -2.27. The van der Waals surface area contributed by atoms with Crippen LogP contribution in [0.4, 0.5) is 0 Å². The Morgan fingerprint density at radius 3 is 2.17 bits per heavy atom. The third kappa shape index (κ3) is 2.05. The van der Waals surface area contributed by atoms with Gasteiger partial charge in [0.05, 0.1) is 5.54 Å². The lowest BCUT2D eigenvalue weighted by Crippen LogP contribution is -2.54. The van der Waals surface area contributed by atoms with Crippen molar-refractivity contribution in [3.63, 3.8) is 0 Å². The fraction of sp³-hybridized carbons (Fsp3) is 0.929. The second-order valence-corrected chi connectivity index (χ2v) is 6.82. The molecule has 1 aliphatic carbocycles. The van der Waals surface area contributed by atoms with Crippen molar-refractivity contribution < 1.29 is 4.79 Å². The largest absolute Gasteiger partial charge is 0.351 e. The molecule has 106 valence electrons. The Labute approximate surface area is 117 Å². The molecule has 4 heteroatoms. The van der Waals surface area contributed by atoms with E-state index in [-0.39, 0.29) is 34.7 Å². The minimum atomic E-state index is -0.297. The first kappa shape index (κ1) is 15.8. The van der Waals surface area contributed by atoms with E-state index in [0.29, 0.717) is 6.04 Å². The van der Waals surface area contributed by atoms with Gasteiger partial charge in [-0.1, -0.05) is 34.6 Å². The molecule has 1 aliphatic heterocycles. The Balaban J connectivity index is 0.00000162. The molecule has 0 bridgehead atoms. The maximum Gasteiger partial charge on any atom is 0.240 e. The summed E-state index contributed by atoms with van der Waals surface area (Å²) in [5, 5.41) is 6.66. The SMILES string of the molecule is CCC1(C(=O)NC2C(C)(C)C2(C)C)CCCN1.Cl. The van der Waals surface area contributed by atoms with E-state index in [1.54, 1.807) is 0 Å². The highest BCUT2D eigenvalue weighted by Crippen LogP contribution is 2.62. The summed E-state index contributed by atoms with van der Waals surface area (Å²) in [6, 6.07) is 0.313. The number of hydrogen-bond donors (Lipinski definition) is 2. The highest BCUT2D eigenvalue weighted by atomic mass is 35.5. The molecule has 3 nitrogen and oxygen atoms in total. The van der Waals surface area contributed by atoms with E-state index >= 15 is 0 Å². The summed E-state index contributed by atoms with van der Waals surface area (Å²) in [6.07, 6.45) is 2.97. The van der Waals surface area contributed by atoms with Gasteiger partial charge in [-0.3, -0.25) is 4.79 Å². The molecule has 0 aromatic heterocycles. The van der Waals surface area contributed by atoms with Crippen LogP contribution in [0.25, 0.3) is 0 Å². The van der Waals surface area contributed by atoms with Crippen molar-refractivity contribution in [2.24, 2.45) is 10.8 Å². The Hall–Kier alpha value is -0.280. The number of hydrogen-bond acceptors (Lipinski definition) is 2. The molecular weight excluding hydrogens is 248 g/mol. The van der Waals surface area contributed by atoms with E-state index in [1.807, 2.05) is 0 Å². The fourth-order valence-corrected chi connectivity index (χ4v) is 3.29. The summed E-state index contributed by atoms with van der Waals surface area (Å²) >= 11 is 0. The van der Waals surface area contributed by atoms with E-state index in [9.17, 15) is 4.79 Å². The van der Waals surface area contributed by atoms with Crippen molar-refractivity contribution in [3.05, 3.63) is 0 Å². The summed E-state index contributed by atoms with van der Waals surface area (Å²) in [7, 11) is 0. The number of carbonyl (C=O) groups is 1. The normalized spacial score (nSPS) is 32.7. The highest BCUT2D eigenvalue weighted by molar-refractivity contribution is 5.87. The molecule has 2 fully saturated rings. The van der Waals surface area contributed by atoms with Gasteiger partial charge in [-0.05, 0) is 36.6 Å². The number of halogens is 1. The molecule has 1 amide bonds. The second-order valence-electron chi connectivity index (χ2n) is 6.82. The Bertz CT molecular complexity index is 319. The average molecular weight is 275 g/mol. The van der Waals surface area contributed by atoms with Crippen LogP contribution in [0.1, 0.15) is 53.9 Å². The van der Waals surface area contributed by atoms with Gasteiger partial charge in [0, 0.05) is 6.04 Å². The fourth-order valence-electron chi connectivity index (χ4n) is 3.29. The van der Waals surface area contributed by atoms with Crippen LogP contribution >= 0.6 is 12.4 Å². The van der Waals surface area contributed by atoms with Crippen LogP contribution in [-0.2, 0) is 4.79 Å². The van der Waals surface area contributed by atoms with E-state index in [2.05, 4.69) is 45.3 Å². The third-order valence-corrected chi connectivity index (χ3v) is 5.58. The Morgan fingerprint density at radius 1 is 1.28 bits per heavy atom. The average Bonchev–Trinajstić information content (AvgIpc) is 2.67. The van der Waals surface area contributed by atoms with Gasteiger partial charge in [-0.15, -0.1) is 12.4 Å². The van der Waals surface area contributed by atoms with Crippen LogP contribution in [0, 0.1) is 10.8 Å². The molecule has 1 atom stereocenters. The molecule has 0 aromatic rings. The summed E-state index contributed by atoms with van der Waals surface area (Å²) in [5.41, 5.74) is 0.140. The first-order valence-electron chi connectivity index (χ1n) is 6.84. The molecule has 2 aliphatic rings. The Kier molecular flexibility index (Phi) is 4.10. The molecule has 0 aromatic carbocycles. The summed E-state index contributed by atoms with van der Waals surface area (Å²) < 4.78 is 0. The molecule has 2 rings (SSSR count). The van der Waals surface area contributed by atoms with Gasteiger partial charge in [0.2, 0.25) is 5.91 Å².